The van der Waals surface area contributed by atoms with E-state index in [-0.39, 0.29) is 40.2 Å². The molecule has 1 aliphatic carbocycles. The molecule has 0 saturated heterocycles. The van der Waals surface area contributed by atoms with Crippen LogP contribution in [0, 0.1) is 11.8 Å². The van der Waals surface area contributed by atoms with Crippen molar-refractivity contribution >= 4 is 11.7 Å². The van der Waals surface area contributed by atoms with Crippen LogP contribution in [0.25, 0.3) is 11.3 Å². The lowest BCUT2D eigenvalue weighted by atomic mass is 9.74. The molecule has 0 aliphatic heterocycles. The molecule has 3 atom stereocenters. The number of alkyl halides is 6. The first kappa shape index (κ1) is 33.8. The van der Waals surface area contributed by atoms with Gasteiger partial charge in [-0.1, -0.05) is 47.0 Å². The minimum absolute atomic E-state index is 0.0695. The molecule has 1 amide bonds. The largest absolute Gasteiger partial charge is 0.395 e. The Morgan fingerprint density at radius 2 is 1.76 bits per heavy atom. The van der Waals surface area contributed by atoms with Crippen LogP contribution in [-0.4, -0.2) is 28.7 Å². The lowest BCUT2D eigenvalue weighted by molar-refractivity contribution is -0.146. The molecule has 1 saturated carbocycles. The molecule has 2 aromatic heterocycles. The minimum atomic E-state index is -4.72. The summed E-state index contributed by atoms with van der Waals surface area (Å²) >= 11 is 0. The number of carbonyl (C=O) groups excluding carboxylic acids is 1. The van der Waals surface area contributed by atoms with Crippen molar-refractivity contribution < 1.29 is 31.1 Å². The third kappa shape index (κ3) is 7.46. The summed E-state index contributed by atoms with van der Waals surface area (Å²) in [6.45, 7) is 7.36. The number of amides is 1. The van der Waals surface area contributed by atoms with E-state index in [1.54, 1.807) is 0 Å². The highest BCUT2D eigenvalue weighted by Gasteiger charge is 2.42. The molecule has 1 N–H and O–H groups in total. The average molecular weight is 600 g/mol. The van der Waals surface area contributed by atoms with Gasteiger partial charge in [0.2, 0.25) is 5.91 Å². The zero-order valence-electron chi connectivity index (χ0n) is 25.2. The second-order valence-corrected chi connectivity index (χ2v) is 11.9. The molecule has 1 fully saturated rings. The van der Waals surface area contributed by atoms with Crippen LogP contribution in [0.2, 0.25) is 0 Å². The Balaban J connectivity index is 2.30. The van der Waals surface area contributed by atoms with E-state index in [4.69, 9.17) is 0 Å². The van der Waals surface area contributed by atoms with Crippen molar-refractivity contribution in [3.63, 3.8) is 0 Å². The van der Waals surface area contributed by atoms with E-state index < -0.39 is 48.0 Å². The van der Waals surface area contributed by atoms with Gasteiger partial charge in [0.15, 0.2) is 0 Å². The number of carbonyl (C=O) groups is 1. The van der Waals surface area contributed by atoms with E-state index in [1.165, 1.54) is 25.3 Å². The van der Waals surface area contributed by atoms with Gasteiger partial charge in [0.05, 0.1) is 17.3 Å². The Morgan fingerprint density at radius 3 is 2.29 bits per heavy atom. The number of nitrogens with zero attached hydrogens (tertiary/aromatic N) is 2. The molecule has 2 heterocycles. The summed E-state index contributed by atoms with van der Waals surface area (Å²) in [6, 6.07) is 3.62. The number of halogens is 6. The van der Waals surface area contributed by atoms with Crippen molar-refractivity contribution in [3.05, 3.63) is 41.2 Å². The molecular weight excluding hydrogens is 556 g/mol. The normalized spacial score (nSPS) is 17.3. The highest BCUT2D eigenvalue weighted by molar-refractivity contribution is 5.94. The molecule has 0 radical (unpaired) electrons. The third-order valence-electron chi connectivity index (χ3n) is 8.94. The van der Waals surface area contributed by atoms with Crippen LogP contribution in [0.15, 0.2) is 24.4 Å². The SMILES string of the molecule is CCCC(CF)(CC[C@H](C)CC)c1cc(C(F)(F)CC)cc(-c2ccnc(NC(=O)C3CCC3)c2C(C)C(F)(F)F)n1. The van der Waals surface area contributed by atoms with Gasteiger partial charge in [-0.15, -0.1) is 0 Å². The van der Waals surface area contributed by atoms with Crippen molar-refractivity contribution in [2.24, 2.45) is 11.8 Å². The van der Waals surface area contributed by atoms with Crippen molar-refractivity contribution in [3.8, 4) is 11.3 Å². The van der Waals surface area contributed by atoms with Gasteiger partial charge in [-0.25, -0.2) is 13.8 Å². The average Bonchev–Trinajstić information content (AvgIpc) is 2.92. The first-order valence-electron chi connectivity index (χ1n) is 15.1. The van der Waals surface area contributed by atoms with Gasteiger partial charge in [0, 0.05) is 40.6 Å². The van der Waals surface area contributed by atoms with E-state index in [1.807, 2.05) is 20.8 Å². The van der Waals surface area contributed by atoms with Crippen LogP contribution < -0.4 is 5.32 Å². The van der Waals surface area contributed by atoms with Crippen molar-refractivity contribution in [2.75, 3.05) is 12.0 Å². The topological polar surface area (TPSA) is 54.9 Å². The molecule has 0 aromatic carbocycles. The number of aromatic nitrogens is 2. The second-order valence-electron chi connectivity index (χ2n) is 11.9. The number of rotatable bonds is 14. The summed E-state index contributed by atoms with van der Waals surface area (Å²) in [7, 11) is 0. The zero-order valence-corrected chi connectivity index (χ0v) is 25.2. The monoisotopic (exact) mass is 599 g/mol. The van der Waals surface area contributed by atoms with Crippen LogP contribution >= 0.6 is 0 Å². The Bertz CT molecular complexity index is 1210. The molecule has 2 unspecified atom stereocenters. The maximum Gasteiger partial charge on any atom is 0.395 e. The lowest BCUT2D eigenvalue weighted by Crippen LogP contribution is -2.32. The molecule has 3 rings (SSSR count). The fourth-order valence-corrected chi connectivity index (χ4v) is 5.43. The van der Waals surface area contributed by atoms with Crippen LogP contribution in [0.3, 0.4) is 0 Å². The molecule has 0 spiro atoms. The van der Waals surface area contributed by atoms with E-state index >= 15 is 13.2 Å². The van der Waals surface area contributed by atoms with Gasteiger partial charge in [-0.2, -0.15) is 13.2 Å². The number of nitrogens with one attached hydrogen (secondary N) is 1. The fourth-order valence-electron chi connectivity index (χ4n) is 5.43. The predicted molar refractivity (Wildman–Crippen MR) is 153 cm³/mol. The maximum absolute atomic E-state index is 15.3. The van der Waals surface area contributed by atoms with Gasteiger partial charge in [0.25, 0.3) is 5.92 Å². The number of pyridine rings is 2. The Hall–Kier alpha value is -2.65. The Kier molecular flexibility index (Phi) is 11.1. The van der Waals surface area contributed by atoms with Crippen molar-refractivity contribution in [1.82, 2.24) is 9.97 Å². The summed E-state index contributed by atoms with van der Waals surface area (Å²) < 4.78 is 88.2. The van der Waals surface area contributed by atoms with Crippen LogP contribution in [0.5, 0.6) is 0 Å². The standard InChI is InChI=1S/C32H43F6N3O/c1-6-14-30(19-33,15-12-20(4)7-2)26-18-23(31(34,35)8-3)17-25(40-26)24-13-16-39-28(27(24)21(5)32(36,37)38)41-29(42)22-10-9-11-22/h13,16-18,20-22H,6-12,14-15,19H2,1-5H3,(H,39,41,42)/t20-,21?,30?/m1/s1. The maximum atomic E-state index is 15.3. The molecule has 234 valence electrons. The summed E-state index contributed by atoms with van der Waals surface area (Å²) in [5, 5.41) is 2.56. The first-order chi connectivity index (χ1) is 19.7. The Labute approximate surface area is 245 Å². The summed E-state index contributed by atoms with van der Waals surface area (Å²) in [4.78, 5) is 21.5. The van der Waals surface area contributed by atoms with Gasteiger partial charge in [-0.05, 0) is 63.1 Å². The molecule has 10 heteroatoms. The molecule has 2 aromatic rings. The predicted octanol–water partition coefficient (Wildman–Crippen LogP) is 9.88. The molecule has 42 heavy (non-hydrogen) atoms. The summed E-state index contributed by atoms with van der Waals surface area (Å²) in [6.07, 6.45) is 0.882. The summed E-state index contributed by atoms with van der Waals surface area (Å²) in [5.74, 6) is -6.15. The van der Waals surface area contributed by atoms with E-state index in [0.717, 1.165) is 25.8 Å². The van der Waals surface area contributed by atoms with E-state index in [2.05, 4.69) is 15.3 Å². The highest BCUT2D eigenvalue weighted by Crippen LogP contribution is 2.45. The van der Waals surface area contributed by atoms with Crippen LogP contribution in [0.1, 0.15) is 115 Å². The molecule has 4 nitrogen and oxygen atoms in total. The third-order valence-corrected chi connectivity index (χ3v) is 8.94. The quantitative estimate of drug-likeness (QED) is 0.220. The zero-order chi connectivity index (χ0) is 31.3. The molecule has 0 bridgehead atoms. The molecular formula is C32H43F6N3O. The minimum Gasteiger partial charge on any atom is -0.310 e. The van der Waals surface area contributed by atoms with Gasteiger partial charge >= 0.3 is 6.18 Å². The molecule has 1 aliphatic rings. The van der Waals surface area contributed by atoms with E-state index in [0.29, 0.717) is 38.5 Å². The highest BCUT2D eigenvalue weighted by atomic mass is 19.4. The van der Waals surface area contributed by atoms with Crippen molar-refractivity contribution in [1.29, 1.82) is 0 Å². The van der Waals surface area contributed by atoms with Crippen LogP contribution in [0.4, 0.5) is 32.2 Å². The fraction of sp³-hybridized carbons (Fsp3) is 0.656. The smallest absolute Gasteiger partial charge is 0.310 e. The van der Waals surface area contributed by atoms with E-state index in [9.17, 15) is 18.0 Å². The lowest BCUT2D eigenvalue weighted by Gasteiger charge is -2.33. The number of hydrogen-bond acceptors (Lipinski definition) is 3. The van der Waals surface area contributed by atoms with Gasteiger partial charge in [0.1, 0.15) is 12.5 Å². The van der Waals surface area contributed by atoms with Crippen LogP contribution in [-0.2, 0) is 16.1 Å². The summed E-state index contributed by atoms with van der Waals surface area (Å²) in [5.41, 5.74) is -2.03. The second kappa shape index (κ2) is 13.8. The van der Waals surface area contributed by atoms with Gasteiger partial charge < -0.3 is 5.32 Å². The first-order valence-corrected chi connectivity index (χ1v) is 15.1. The number of hydrogen-bond donors (Lipinski definition) is 1. The number of anilines is 1. The Morgan fingerprint density at radius 1 is 1.07 bits per heavy atom. The van der Waals surface area contributed by atoms with Crippen molar-refractivity contribution in [2.45, 2.75) is 116 Å². The van der Waals surface area contributed by atoms with Gasteiger partial charge in [-0.3, -0.25) is 14.2 Å².